The fourth-order valence-electron chi connectivity index (χ4n) is 0.997. The second-order valence-electron chi connectivity index (χ2n) is 2.45. The highest BCUT2D eigenvalue weighted by Crippen LogP contribution is 2.27. The van der Waals surface area contributed by atoms with Gasteiger partial charge in [-0.1, -0.05) is 19.4 Å². The van der Waals surface area contributed by atoms with Gasteiger partial charge in [0.25, 0.3) is 0 Å². The minimum atomic E-state index is 0.227. The third kappa shape index (κ3) is 1.95. The number of carbonyl (C=O) groups is 1. The van der Waals surface area contributed by atoms with Crippen LogP contribution in [0.25, 0.3) is 0 Å². The van der Waals surface area contributed by atoms with Crippen molar-refractivity contribution in [2.75, 3.05) is 0 Å². The van der Waals surface area contributed by atoms with Gasteiger partial charge in [0.1, 0.15) is 12.4 Å². The Morgan fingerprint density at radius 1 is 1.60 bits per heavy atom. The molecule has 0 aliphatic carbocycles. The van der Waals surface area contributed by atoms with Gasteiger partial charge in [0.2, 0.25) is 0 Å². The summed E-state index contributed by atoms with van der Waals surface area (Å²) in [6.07, 6.45) is 6.97. The lowest BCUT2D eigenvalue weighted by Crippen LogP contribution is -1.88. The molecule has 0 spiro atoms. The lowest BCUT2D eigenvalue weighted by Gasteiger charge is -1.82. The van der Waals surface area contributed by atoms with Crippen LogP contribution in [0.5, 0.6) is 0 Å². The molecule has 2 nitrogen and oxygen atoms in total. The second-order valence-corrected chi connectivity index (χ2v) is 2.45. The molecule has 0 radical (unpaired) electrons. The topological polar surface area (TPSA) is 29.6 Å². The number of hydrogen-bond acceptors (Lipinski definition) is 2. The summed E-state index contributed by atoms with van der Waals surface area (Å²) in [5.74, 6) is 0. The standard InChI is InChI=1S/C8H12O2/c1-2-4-7-8(10-7)5-3-6-9/h3,5-8H,2,4H2,1H3/b5-3+/t7-,8-/m0/s1. The zero-order chi connectivity index (χ0) is 7.40. The molecule has 0 aromatic rings. The summed E-state index contributed by atoms with van der Waals surface area (Å²) >= 11 is 0. The normalized spacial score (nSPS) is 30.9. The number of epoxide rings is 1. The van der Waals surface area contributed by atoms with E-state index in [-0.39, 0.29) is 6.10 Å². The third-order valence-corrected chi connectivity index (χ3v) is 1.57. The highest BCUT2D eigenvalue weighted by Gasteiger charge is 2.34. The van der Waals surface area contributed by atoms with Gasteiger partial charge in [-0.25, -0.2) is 0 Å². The first-order valence-electron chi connectivity index (χ1n) is 3.66. The van der Waals surface area contributed by atoms with E-state index in [1.807, 2.05) is 6.08 Å². The van der Waals surface area contributed by atoms with E-state index in [0.29, 0.717) is 6.10 Å². The molecule has 1 rings (SSSR count). The minimum Gasteiger partial charge on any atom is -0.365 e. The molecular formula is C8H12O2. The number of aldehydes is 1. The summed E-state index contributed by atoms with van der Waals surface area (Å²) in [4.78, 5) is 9.86. The average Bonchev–Trinajstić information content (AvgIpc) is 2.65. The van der Waals surface area contributed by atoms with Crippen LogP contribution in [0.15, 0.2) is 12.2 Å². The van der Waals surface area contributed by atoms with Crippen molar-refractivity contribution < 1.29 is 9.53 Å². The number of hydrogen-bond donors (Lipinski definition) is 0. The highest BCUT2D eigenvalue weighted by atomic mass is 16.6. The Labute approximate surface area is 60.9 Å². The first-order valence-corrected chi connectivity index (χ1v) is 3.66. The van der Waals surface area contributed by atoms with Gasteiger partial charge in [0.05, 0.1) is 6.10 Å². The second kappa shape index (κ2) is 3.52. The maximum absolute atomic E-state index is 9.86. The van der Waals surface area contributed by atoms with Crippen LogP contribution in [-0.2, 0) is 9.53 Å². The molecule has 0 N–H and O–H groups in total. The molecule has 0 saturated carbocycles. The van der Waals surface area contributed by atoms with E-state index in [4.69, 9.17) is 4.74 Å². The third-order valence-electron chi connectivity index (χ3n) is 1.57. The molecule has 0 unspecified atom stereocenters. The Morgan fingerprint density at radius 2 is 2.40 bits per heavy atom. The zero-order valence-electron chi connectivity index (χ0n) is 6.12. The van der Waals surface area contributed by atoms with Gasteiger partial charge in [0, 0.05) is 0 Å². The number of carbonyl (C=O) groups excluding carboxylic acids is 1. The number of allylic oxidation sites excluding steroid dienone is 1. The Hall–Kier alpha value is -0.630. The van der Waals surface area contributed by atoms with Gasteiger partial charge in [-0.15, -0.1) is 0 Å². The fourth-order valence-corrected chi connectivity index (χ4v) is 0.997. The summed E-state index contributed by atoms with van der Waals surface area (Å²) in [5.41, 5.74) is 0. The first kappa shape index (κ1) is 7.48. The monoisotopic (exact) mass is 140 g/mol. The van der Waals surface area contributed by atoms with Crippen LogP contribution in [0.4, 0.5) is 0 Å². The molecule has 56 valence electrons. The van der Waals surface area contributed by atoms with Crippen LogP contribution in [0.1, 0.15) is 19.8 Å². The smallest absolute Gasteiger partial charge is 0.142 e. The van der Waals surface area contributed by atoms with Crippen LogP contribution in [0.2, 0.25) is 0 Å². The first-order chi connectivity index (χ1) is 4.88. The van der Waals surface area contributed by atoms with Gasteiger partial charge in [0.15, 0.2) is 0 Å². The Balaban J connectivity index is 2.12. The Morgan fingerprint density at radius 3 is 3.00 bits per heavy atom. The minimum absolute atomic E-state index is 0.227. The van der Waals surface area contributed by atoms with Gasteiger partial charge in [-0.2, -0.15) is 0 Å². The predicted molar refractivity (Wildman–Crippen MR) is 38.8 cm³/mol. The van der Waals surface area contributed by atoms with E-state index in [1.54, 1.807) is 0 Å². The molecule has 2 atom stereocenters. The maximum Gasteiger partial charge on any atom is 0.142 e. The van der Waals surface area contributed by atoms with Crippen molar-refractivity contribution >= 4 is 6.29 Å². The van der Waals surface area contributed by atoms with Gasteiger partial charge < -0.3 is 4.74 Å². The molecule has 10 heavy (non-hydrogen) atoms. The van der Waals surface area contributed by atoms with E-state index in [9.17, 15) is 4.79 Å². The van der Waals surface area contributed by atoms with E-state index in [1.165, 1.54) is 6.08 Å². The van der Waals surface area contributed by atoms with Crippen LogP contribution < -0.4 is 0 Å². The molecule has 1 fully saturated rings. The number of rotatable bonds is 4. The van der Waals surface area contributed by atoms with Crippen molar-refractivity contribution in [2.24, 2.45) is 0 Å². The van der Waals surface area contributed by atoms with Crippen LogP contribution >= 0.6 is 0 Å². The van der Waals surface area contributed by atoms with Crippen molar-refractivity contribution in [2.45, 2.75) is 32.0 Å². The molecule has 1 aliphatic heterocycles. The molecule has 1 aliphatic rings. The number of ether oxygens (including phenoxy) is 1. The molecule has 2 heteroatoms. The Bertz CT molecular complexity index is 140. The van der Waals surface area contributed by atoms with E-state index in [0.717, 1.165) is 19.1 Å². The van der Waals surface area contributed by atoms with Gasteiger partial charge in [-0.05, 0) is 12.5 Å². The van der Waals surface area contributed by atoms with E-state index in [2.05, 4.69) is 6.92 Å². The summed E-state index contributed by atoms with van der Waals surface area (Å²) in [7, 11) is 0. The fraction of sp³-hybridized carbons (Fsp3) is 0.625. The molecule has 1 heterocycles. The maximum atomic E-state index is 9.86. The Kier molecular flexibility index (Phi) is 2.63. The summed E-state index contributed by atoms with van der Waals surface area (Å²) in [6.45, 7) is 2.13. The quantitative estimate of drug-likeness (QED) is 0.335. The van der Waals surface area contributed by atoms with Crippen molar-refractivity contribution in [1.29, 1.82) is 0 Å². The van der Waals surface area contributed by atoms with Gasteiger partial charge >= 0.3 is 0 Å². The molecular weight excluding hydrogens is 128 g/mol. The lowest BCUT2D eigenvalue weighted by atomic mass is 10.2. The van der Waals surface area contributed by atoms with Crippen molar-refractivity contribution in [3.8, 4) is 0 Å². The molecule has 0 aromatic carbocycles. The van der Waals surface area contributed by atoms with E-state index >= 15 is 0 Å². The van der Waals surface area contributed by atoms with Crippen LogP contribution in [-0.4, -0.2) is 18.5 Å². The molecule has 0 bridgehead atoms. The van der Waals surface area contributed by atoms with E-state index < -0.39 is 0 Å². The lowest BCUT2D eigenvalue weighted by molar-refractivity contribution is -0.104. The summed E-state index contributed by atoms with van der Waals surface area (Å²) in [5, 5.41) is 0. The average molecular weight is 140 g/mol. The zero-order valence-corrected chi connectivity index (χ0v) is 6.12. The molecule has 1 saturated heterocycles. The van der Waals surface area contributed by atoms with Crippen molar-refractivity contribution in [1.82, 2.24) is 0 Å². The van der Waals surface area contributed by atoms with Crippen molar-refractivity contribution in [3.05, 3.63) is 12.2 Å². The highest BCUT2D eigenvalue weighted by molar-refractivity contribution is 5.64. The van der Waals surface area contributed by atoms with Crippen LogP contribution in [0.3, 0.4) is 0 Å². The molecule has 0 amide bonds. The van der Waals surface area contributed by atoms with Crippen LogP contribution in [0, 0.1) is 0 Å². The van der Waals surface area contributed by atoms with Crippen molar-refractivity contribution in [3.63, 3.8) is 0 Å². The largest absolute Gasteiger partial charge is 0.365 e. The predicted octanol–water partition coefficient (Wildman–Crippen LogP) is 1.31. The SMILES string of the molecule is CCC[C@@H]1O[C@H]1/C=C/C=O. The molecule has 0 aromatic heterocycles. The summed E-state index contributed by atoms with van der Waals surface area (Å²) < 4.78 is 5.21. The summed E-state index contributed by atoms with van der Waals surface area (Å²) in [6, 6.07) is 0. The van der Waals surface area contributed by atoms with Gasteiger partial charge in [-0.3, -0.25) is 4.79 Å².